The third-order valence-electron chi connectivity index (χ3n) is 4.34. The lowest BCUT2D eigenvalue weighted by Crippen LogP contribution is -2.42. The second kappa shape index (κ2) is 9.20. The first-order valence-corrected chi connectivity index (χ1v) is 8.78. The van der Waals surface area contributed by atoms with E-state index in [1.807, 2.05) is 6.92 Å². The molecule has 0 aliphatic carbocycles. The van der Waals surface area contributed by atoms with Crippen LogP contribution in [0.15, 0.2) is 24.3 Å². The van der Waals surface area contributed by atoms with Crippen LogP contribution in [0.5, 0.6) is 5.75 Å². The number of hydrogen-bond donors (Lipinski definition) is 1. The molecular weight excluding hydrogens is 322 g/mol. The van der Waals surface area contributed by atoms with Crippen LogP contribution in [0.4, 0.5) is 0 Å². The van der Waals surface area contributed by atoms with Crippen LogP contribution >= 0.6 is 0 Å². The Morgan fingerprint density at radius 3 is 2.56 bits per heavy atom. The van der Waals surface area contributed by atoms with E-state index in [1.165, 1.54) is 0 Å². The molecule has 25 heavy (non-hydrogen) atoms. The summed E-state index contributed by atoms with van der Waals surface area (Å²) in [6.45, 7) is 3.47. The van der Waals surface area contributed by atoms with Gasteiger partial charge in [0.15, 0.2) is 5.78 Å². The highest BCUT2D eigenvalue weighted by Crippen LogP contribution is 2.19. The topological polar surface area (TPSA) is 83.9 Å². The standard InChI is InChI=1S/C19H25NO5/c1-2-12-25-16-7-5-14(6-8-16)17(21)9-10-18(22)20-11-3-4-15(13-20)19(23)24/h5-8,15H,2-4,9-13H2,1H3,(H,23,24)/t15-/m0/s1. The fraction of sp³-hybridized carbons (Fsp3) is 0.526. The van der Waals surface area contributed by atoms with Crippen LogP contribution in [-0.2, 0) is 9.59 Å². The van der Waals surface area contributed by atoms with Crippen molar-refractivity contribution in [2.24, 2.45) is 5.92 Å². The summed E-state index contributed by atoms with van der Waals surface area (Å²) < 4.78 is 5.48. The molecule has 1 fully saturated rings. The quantitative estimate of drug-likeness (QED) is 0.731. The smallest absolute Gasteiger partial charge is 0.308 e. The molecule has 0 unspecified atom stereocenters. The maximum Gasteiger partial charge on any atom is 0.308 e. The monoisotopic (exact) mass is 347 g/mol. The molecule has 6 heteroatoms. The highest BCUT2D eigenvalue weighted by atomic mass is 16.5. The fourth-order valence-electron chi connectivity index (χ4n) is 2.89. The minimum absolute atomic E-state index is 0.0952. The number of carbonyl (C=O) groups excluding carboxylic acids is 2. The molecule has 0 bridgehead atoms. The molecule has 1 aliphatic rings. The predicted molar refractivity (Wildman–Crippen MR) is 92.7 cm³/mol. The number of likely N-dealkylation sites (tertiary alicyclic amines) is 1. The van der Waals surface area contributed by atoms with Crippen molar-refractivity contribution in [2.75, 3.05) is 19.7 Å². The molecule has 1 N–H and O–H groups in total. The van der Waals surface area contributed by atoms with Gasteiger partial charge in [-0.25, -0.2) is 0 Å². The first-order chi connectivity index (χ1) is 12.0. The normalized spacial score (nSPS) is 17.2. The summed E-state index contributed by atoms with van der Waals surface area (Å²) in [5, 5.41) is 9.08. The van der Waals surface area contributed by atoms with Crippen LogP contribution in [0.3, 0.4) is 0 Å². The van der Waals surface area contributed by atoms with Crippen LogP contribution in [0, 0.1) is 5.92 Å². The molecule has 2 rings (SSSR count). The number of carboxylic acids is 1. The summed E-state index contributed by atoms with van der Waals surface area (Å²) in [5.74, 6) is -0.880. The number of nitrogens with zero attached hydrogens (tertiary/aromatic N) is 1. The molecular formula is C19H25NO5. The van der Waals surface area contributed by atoms with Crippen LogP contribution in [-0.4, -0.2) is 47.4 Å². The van der Waals surface area contributed by atoms with Crippen molar-refractivity contribution in [2.45, 2.75) is 39.0 Å². The fourth-order valence-corrected chi connectivity index (χ4v) is 2.89. The van der Waals surface area contributed by atoms with Gasteiger partial charge in [0.05, 0.1) is 12.5 Å². The second-order valence-electron chi connectivity index (χ2n) is 6.31. The highest BCUT2D eigenvalue weighted by molar-refractivity contribution is 5.98. The minimum Gasteiger partial charge on any atom is -0.494 e. The van der Waals surface area contributed by atoms with E-state index in [-0.39, 0.29) is 31.1 Å². The Morgan fingerprint density at radius 1 is 1.20 bits per heavy atom. The van der Waals surface area contributed by atoms with Crippen LogP contribution in [0.2, 0.25) is 0 Å². The zero-order valence-corrected chi connectivity index (χ0v) is 14.6. The lowest BCUT2D eigenvalue weighted by Gasteiger charge is -2.30. The summed E-state index contributed by atoms with van der Waals surface area (Å²) in [5.41, 5.74) is 0.554. The van der Waals surface area contributed by atoms with Crippen molar-refractivity contribution in [1.29, 1.82) is 0 Å². The van der Waals surface area contributed by atoms with Crippen molar-refractivity contribution in [3.8, 4) is 5.75 Å². The number of benzene rings is 1. The Morgan fingerprint density at radius 2 is 1.92 bits per heavy atom. The number of amides is 1. The predicted octanol–water partition coefficient (Wildman–Crippen LogP) is 2.76. The van der Waals surface area contributed by atoms with Crippen molar-refractivity contribution in [1.82, 2.24) is 4.90 Å². The molecule has 1 aliphatic heterocycles. The highest BCUT2D eigenvalue weighted by Gasteiger charge is 2.28. The third kappa shape index (κ3) is 5.59. The Labute approximate surface area is 147 Å². The average molecular weight is 347 g/mol. The Kier molecular flexibility index (Phi) is 6.98. The summed E-state index contributed by atoms with van der Waals surface area (Å²) in [6.07, 6.45) is 2.45. The van der Waals surface area contributed by atoms with E-state index in [2.05, 4.69) is 0 Å². The number of aliphatic carboxylic acids is 1. The van der Waals surface area contributed by atoms with E-state index in [1.54, 1.807) is 29.2 Å². The first-order valence-electron chi connectivity index (χ1n) is 8.78. The summed E-state index contributed by atoms with van der Waals surface area (Å²) in [6, 6.07) is 6.93. The van der Waals surface area contributed by atoms with Gasteiger partial charge in [-0.05, 0) is 43.5 Å². The lowest BCUT2D eigenvalue weighted by molar-refractivity contribution is -0.145. The number of carbonyl (C=O) groups is 3. The number of ether oxygens (including phenoxy) is 1. The molecule has 0 saturated carbocycles. The molecule has 0 aromatic heterocycles. The van der Waals surface area contributed by atoms with E-state index in [9.17, 15) is 14.4 Å². The van der Waals surface area contributed by atoms with Gasteiger partial charge < -0.3 is 14.7 Å². The Balaban J connectivity index is 1.82. The molecule has 136 valence electrons. The van der Waals surface area contributed by atoms with Crippen molar-refractivity contribution < 1.29 is 24.2 Å². The molecule has 1 saturated heterocycles. The van der Waals surface area contributed by atoms with Gasteiger partial charge in [0.25, 0.3) is 0 Å². The molecule has 1 heterocycles. The third-order valence-corrected chi connectivity index (χ3v) is 4.34. The molecule has 1 amide bonds. The molecule has 0 radical (unpaired) electrons. The van der Waals surface area contributed by atoms with Crippen LogP contribution in [0.1, 0.15) is 49.4 Å². The Hall–Kier alpha value is -2.37. The van der Waals surface area contributed by atoms with Gasteiger partial charge in [-0.1, -0.05) is 6.92 Å². The van der Waals surface area contributed by atoms with Gasteiger partial charge in [-0.3, -0.25) is 14.4 Å². The summed E-state index contributed by atoms with van der Waals surface area (Å²) >= 11 is 0. The van der Waals surface area contributed by atoms with Gasteiger partial charge in [0.1, 0.15) is 5.75 Å². The van der Waals surface area contributed by atoms with Crippen LogP contribution in [0.25, 0.3) is 0 Å². The number of piperidine rings is 1. The van der Waals surface area contributed by atoms with E-state index < -0.39 is 11.9 Å². The van der Waals surface area contributed by atoms with Crippen molar-refractivity contribution in [3.63, 3.8) is 0 Å². The van der Waals surface area contributed by atoms with E-state index in [0.29, 0.717) is 31.6 Å². The maximum atomic E-state index is 12.2. The number of rotatable bonds is 8. The van der Waals surface area contributed by atoms with Crippen molar-refractivity contribution >= 4 is 17.7 Å². The van der Waals surface area contributed by atoms with Gasteiger partial charge in [-0.15, -0.1) is 0 Å². The average Bonchev–Trinajstić information content (AvgIpc) is 2.64. The zero-order chi connectivity index (χ0) is 18.2. The molecule has 0 spiro atoms. The minimum atomic E-state index is -0.862. The van der Waals surface area contributed by atoms with Gasteiger partial charge in [-0.2, -0.15) is 0 Å². The maximum absolute atomic E-state index is 12.2. The van der Waals surface area contributed by atoms with Gasteiger partial charge >= 0.3 is 5.97 Å². The van der Waals surface area contributed by atoms with Gasteiger partial charge in [0, 0.05) is 31.5 Å². The number of hydrogen-bond acceptors (Lipinski definition) is 4. The van der Waals surface area contributed by atoms with Crippen LogP contribution < -0.4 is 4.74 Å². The molecule has 6 nitrogen and oxygen atoms in total. The SMILES string of the molecule is CCCOc1ccc(C(=O)CCC(=O)N2CCC[C@H](C(=O)O)C2)cc1. The molecule has 1 atom stereocenters. The summed E-state index contributed by atoms with van der Waals surface area (Å²) in [4.78, 5) is 37.1. The molecule has 1 aromatic carbocycles. The van der Waals surface area contributed by atoms with E-state index in [0.717, 1.165) is 12.2 Å². The number of ketones is 1. The van der Waals surface area contributed by atoms with Crippen molar-refractivity contribution in [3.05, 3.63) is 29.8 Å². The second-order valence-corrected chi connectivity index (χ2v) is 6.31. The summed E-state index contributed by atoms with van der Waals surface area (Å²) in [7, 11) is 0. The number of Topliss-reactive ketones (excluding diaryl/α,β-unsaturated/α-hetero) is 1. The van der Waals surface area contributed by atoms with E-state index >= 15 is 0 Å². The number of carboxylic acid groups (broad SMARTS) is 1. The largest absolute Gasteiger partial charge is 0.494 e. The first kappa shape index (κ1) is 19.0. The molecule has 1 aromatic rings. The Bertz CT molecular complexity index is 611. The lowest BCUT2D eigenvalue weighted by atomic mass is 9.97. The zero-order valence-electron chi connectivity index (χ0n) is 14.6. The van der Waals surface area contributed by atoms with E-state index in [4.69, 9.17) is 9.84 Å². The van der Waals surface area contributed by atoms with Gasteiger partial charge in [0.2, 0.25) is 5.91 Å².